The number of nitrogens with zero attached hydrogens (tertiary/aromatic N) is 4. The summed E-state index contributed by atoms with van der Waals surface area (Å²) in [5.41, 5.74) is 5.64. The minimum Gasteiger partial charge on any atom is -0.382 e. The molecule has 5 rings (SSSR count). The van der Waals surface area contributed by atoms with Gasteiger partial charge in [0, 0.05) is 54.1 Å². The molecule has 0 aliphatic heterocycles. The molecule has 0 aromatic carbocycles. The molecule has 0 bridgehead atoms. The van der Waals surface area contributed by atoms with Gasteiger partial charge in [-0.2, -0.15) is 5.10 Å². The number of alkyl halides is 2. The van der Waals surface area contributed by atoms with Crippen LogP contribution >= 0.6 is 0 Å². The van der Waals surface area contributed by atoms with Crippen LogP contribution in [0.15, 0.2) is 43.9 Å². The number of hydrogen-bond acceptors (Lipinski definition) is 5. The SMILES string of the molecule is C=C(c1ccn2ncc(C(=C)NC3CC(F)(F)C3)c2c1)c1cnc(N[C@H](C)C2CC2)nc1C. The molecule has 2 fully saturated rings. The zero-order valence-corrected chi connectivity index (χ0v) is 18.9. The molecule has 33 heavy (non-hydrogen) atoms. The smallest absolute Gasteiger partial charge is 0.252 e. The Bertz CT molecular complexity index is 1230. The van der Waals surface area contributed by atoms with Crippen LogP contribution in [0.4, 0.5) is 14.7 Å². The highest BCUT2D eigenvalue weighted by Gasteiger charge is 2.45. The Labute approximate surface area is 191 Å². The van der Waals surface area contributed by atoms with E-state index in [2.05, 4.69) is 45.8 Å². The third kappa shape index (κ3) is 4.34. The van der Waals surface area contributed by atoms with E-state index in [1.165, 1.54) is 12.8 Å². The molecule has 3 heterocycles. The molecule has 0 amide bonds. The summed E-state index contributed by atoms with van der Waals surface area (Å²) in [4.78, 5) is 9.15. The fourth-order valence-corrected chi connectivity index (χ4v) is 4.39. The van der Waals surface area contributed by atoms with E-state index in [0.29, 0.717) is 23.6 Å². The lowest BCUT2D eigenvalue weighted by molar-refractivity contribution is -0.0891. The van der Waals surface area contributed by atoms with E-state index in [1.54, 1.807) is 10.7 Å². The highest BCUT2D eigenvalue weighted by atomic mass is 19.3. The number of aryl methyl sites for hydroxylation is 1. The molecule has 0 radical (unpaired) electrons. The largest absolute Gasteiger partial charge is 0.382 e. The fourth-order valence-electron chi connectivity index (χ4n) is 4.39. The number of halogens is 2. The van der Waals surface area contributed by atoms with Crippen LogP contribution in [0, 0.1) is 12.8 Å². The molecular weight excluding hydrogens is 422 g/mol. The van der Waals surface area contributed by atoms with Crippen molar-refractivity contribution in [2.75, 3.05) is 5.32 Å². The van der Waals surface area contributed by atoms with Crippen LogP contribution in [0.25, 0.3) is 16.8 Å². The Kier molecular flexibility index (Phi) is 5.18. The minimum absolute atomic E-state index is 0.170. The van der Waals surface area contributed by atoms with Crippen molar-refractivity contribution >= 4 is 22.7 Å². The molecule has 0 unspecified atom stereocenters. The maximum atomic E-state index is 13.2. The first kappa shape index (κ1) is 21.6. The van der Waals surface area contributed by atoms with Gasteiger partial charge in [-0.25, -0.2) is 23.3 Å². The summed E-state index contributed by atoms with van der Waals surface area (Å²) < 4.78 is 28.1. The summed E-state index contributed by atoms with van der Waals surface area (Å²) in [6.45, 7) is 12.5. The molecular formula is C25H28F2N6. The number of pyridine rings is 1. The van der Waals surface area contributed by atoms with Gasteiger partial charge in [-0.1, -0.05) is 13.2 Å². The molecule has 1 atom stereocenters. The first-order valence-corrected chi connectivity index (χ1v) is 11.3. The summed E-state index contributed by atoms with van der Waals surface area (Å²) in [5, 5.41) is 10.9. The van der Waals surface area contributed by atoms with E-state index >= 15 is 0 Å². The maximum Gasteiger partial charge on any atom is 0.252 e. The topological polar surface area (TPSA) is 67.1 Å². The predicted molar refractivity (Wildman–Crippen MR) is 126 cm³/mol. The van der Waals surface area contributed by atoms with Gasteiger partial charge in [-0.05, 0) is 55.9 Å². The van der Waals surface area contributed by atoms with Gasteiger partial charge in [0.25, 0.3) is 5.92 Å². The van der Waals surface area contributed by atoms with E-state index in [-0.39, 0.29) is 18.9 Å². The number of anilines is 1. The van der Waals surface area contributed by atoms with Crippen molar-refractivity contribution in [2.24, 2.45) is 5.92 Å². The molecule has 2 saturated carbocycles. The molecule has 0 saturated heterocycles. The maximum absolute atomic E-state index is 13.2. The van der Waals surface area contributed by atoms with Crippen molar-refractivity contribution in [3.8, 4) is 0 Å². The first-order chi connectivity index (χ1) is 15.7. The molecule has 172 valence electrons. The van der Waals surface area contributed by atoms with E-state index in [0.717, 1.165) is 33.5 Å². The molecule has 6 nitrogen and oxygen atoms in total. The molecule has 0 spiro atoms. The van der Waals surface area contributed by atoms with Gasteiger partial charge in [-0.3, -0.25) is 0 Å². The van der Waals surface area contributed by atoms with Crippen molar-refractivity contribution < 1.29 is 8.78 Å². The highest BCUT2D eigenvalue weighted by Crippen LogP contribution is 2.38. The summed E-state index contributed by atoms with van der Waals surface area (Å²) >= 11 is 0. The third-order valence-corrected chi connectivity index (χ3v) is 6.65. The molecule has 2 N–H and O–H groups in total. The lowest BCUT2D eigenvalue weighted by atomic mass is 9.88. The number of fused-ring (bicyclic) bond motifs is 1. The van der Waals surface area contributed by atoms with Crippen LogP contribution in [0.5, 0.6) is 0 Å². The fraction of sp³-hybridized carbons (Fsp3) is 0.400. The lowest BCUT2D eigenvalue weighted by Gasteiger charge is -2.36. The first-order valence-electron chi connectivity index (χ1n) is 11.3. The van der Waals surface area contributed by atoms with Gasteiger partial charge in [0.15, 0.2) is 0 Å². The Morgan fingerprint density at radius 1 is 1.21 bits per heavy atom. The van der Waals surface area contributed by atoms with Crippen LogP contribution in [0.1, 0.15) is 55.0 Å². The third-order valence-electron chi connectivity index (χ3n) is 6.65. The Morgan fingerprint density at radius 3 is 2.64 bits per heavy atom. The summed E-state index contributed by atoms with van der Waals surface area (Å²) in [7, 11) is 0. The van der Waals surface area contributed by atoms with Gasteiger partial charge in [0.2, 0.25) is 5.95 Å². The van der Waals surface area contributed by atoms with E-state index < -0.39 is 5.92 Å². The van der Waals surface area contributed by atoms with Crippen LogP contribution in [-0.4, -0.2) is 37.6 Å². The standard InChI is InChI=1S/C25H28F2N6/c1-14(21-12-28-24(32-16(21)3)31-15(2)18-5-6-18)19-7-8-33-23(9-19)22(13-29-33)17(4)30-20-10-25(26,27)11-20/h7-9,12-13,15,18,20,30H,1,4-6,10-11H2,2-3H3,(H,28,31,32)/t15-/m1/s1. The van der Waals surface area contributed by atoms with Crippen LogP contribution in [0.2, 0.25) is 0 Å². The predicted octanol–water partition coefficient (Wildman–Crippen LogP) is 5.06. The molecule has 2 aliphatic rings. The number of nitrogens with one attached hydrogen (secondary N) is 2. The molecule has 3 aromatic rings. The average Bonchev–Trinajstić information content (AvgIpc) is 3.51. The highest BCUT2D eigenvalue weighted by molar-refractivity contribution is 5.83. The zero-order chi connectivity index (χ0) is 23.3. The van der Waals surface area contributed by atoms with Gasteiger partial charge in [-0.15, -0.1) is 0 Å². The van der Waals surface area contributed by atoms with Crippen molar-refractivity contribution in [1.82, 2.24) is 24.9 Å². The van der Waals surface area contributed by atoms with Gasteiger partial charge in [0.1, 0.15) is 0 Å². The second-order valence-corrected chi connectivity index (χ2v) is 9.33. The van der Waals surface area contributed by atoms with Gasteiger partial charge < -0.3 is 10.6 Å². The lowest BCUT2D eigenvalue weighted by Crippen LogP contribution is -2.47. The monoisotopic (exact) mass is 450 g/mol. The molecule has 8 heteroatoms. The Hall–Kier alpha value is -3.29. The van der Waals surface area contributed by atoms with Crippen molar-refractivity contribution in [1.29, 1.82) is 0 Å². The second kappa shape index (κ2) is 7.93. The quantitative estimate of drug-likeness (QED) is 0.502. The second-order valence-electron chi connectivity index (χ2n) is 9.33. The normalized spacial score (nSPS) is 18.5. The van der Waals surface area contributed by atoms with E-state index in [4.69, 9.17) is 0 Å². The van der Waals surface area contributed by atoms with Gasteiger partial charge in [0.05, 0.1) is 17.4 Å². The summed E-state index contributed by atoms with van der Waals surface area (Å²) in [5.74, 6) is -1.23. The number of hydrogen-bond donors (Lipinski definition) is 2. The van der Waals surface area contributed by atoms with Crippen molar-refractivity contribution in [2.45, 2.75) is 57.5 Å². The Balaban J connectivity index is 1.35. The molecule has 3 aromatic heterocycles. The number of rotatable bonds is 8. The van der Waals surface area contributed by atoms with Crippen LogP contribution < -0.4 is 10.6 Å². The number of aromatic nitrogens is 4. The average molecular weight is 451 g/mol. The Morgan fingerprint density at radius 2 is 1.97 bits per heavy atom. The van der Waals surface area contributed by atoms with E-state index in [1.807, 2.05) is 31.5 Å². The minimum atomic E-state index is -2.58. The van der Waals surface area contributed by atoms with Crippen molar-refractivity contribution in [3.05, 3.63) is 66.3 Å². The van der Waals surface area contributed by atoms with Crippen molar-refractivity contribution in [3.63, 3.8) is 0 Å². The molecule has 2 aliphatic carbocycles. The summed E-state index contributed by atoms with van der Waals surface area (Å²) in [6, 6.07) is 4.02. The van der Waals surface area contributed by atoms with Crippen LogP contribution in [-0.2, 0) is 0 Å². The van der Waals surface area contributed by atoms with E-state index in [9.17, 15) is 8.78 Å². The zero-order valence-electron chi connectivity index (χ0n) is 18.9. The van der Waals surface area contributed by atoms with Gasteiger partial charge >= 0.3 is 0 Å². The summed E-state index contributed by atoms with van der Waals surface area (Å²) in [6.07, 6.45) is 7.54. The van der Waals surface area contributed by atoms with Crippen LogP contribution in [0.3, 0.4) is 0 Å².